The summed E-state index contributed by atoms with van der Waals surface area (Å²) in [6, 6.07) is 20.1. The van der Waals surface area contributed by atoms with E-state index in [-0.39, 0.29) is 17.6 Å². The van der Waals surface area contributed by atoms with E-state index in [0.29, 0.717) is 26.1 Å². The summed E-state index contributed by atoms with van der Waals surface area (Å²) in [6.45, 7) is 1.18. The van der Waals surface area contributed by atoms with Crippen LogP contribution in [0.3, 0.4) is 0 Å². The van der Waals surface area contributed by atoms with Gasteiger partial charge < -0.3 is 19.0 Å². The molecular formula is C24H24N2O4. The third-order valence-electron chi connectivity index (χ3n) is 5.34. The van der Waals surface area contributed by atoms with E-state index in [2.05, 4.69) is 0 Å². The standard InChI is InChI=1S/C24H24N2O4/c1-25(13-15-29-20-10-3-2-4-11-20)23(27)21-16-18-8-5-6-9-19(18)17-26(21)24(28)22-12-7-14-30-22/h2-12,14,21H,13,15-17H2,1H3. The van der Waals surface area contributed by atoms with E-state index in [1.165, 1.54) is 6.26 Å². The van der Waals surface area contributed by atoms with Crippen molar-refractivity contribution < 1.29 is 18.7 Å². The molecule has 0 fully saturated rings. The zero-order chi connectivity index (χ0) is 20.9. The van der Waals surface area contributed by atoms with Crippen LogP contribution in [0.2, 0.25) is 0 Å². The Labute approximate surface area is 175 Å². The van der Waals surface area contributed by atoms with Gasteiger partial charge in [0.25, 0.3) is 5.91 Å². The van der Waals surface area contributed by atoms with Gasteiger partial charge in [0.1, 0.15) is 18.4 Å². The summed E-state index contributed by atoms with van der Waals surface area (Å²) < 4.78 is 11.0. The second kappa shape index (κ2) is 8.86. The van der Waals surface area contributed by atoms with Gasteiger partial charge in [0.2, 0.25) is 5.91 Å². The molecule has 2 heterocycles. The highest BCUT2D eigenvalue weighted by Gasteiger charge is 2.37. The van der Waals surface area contributed by atoms with Crippen molar-refractivity contribution in [1.29, 1.82) is 0 Å². The normalized spacial score (nSPS) is 15.4. The first-order chi connectivity index (χ1) is 14.6. The van der Waals surface area contributed by atoms with Crippen molar-refractivity contribution in [3.63, 3.8) is 0 Å². The molecule has 0 bridgehead atoms. The second-order valence-electron chi connectivity index (χ2n) is 7.32. The summed E-state index contributed by atoms with van der Waals surface area (Å²) in [5.74, 6) is 0.615. The molecule has 0 N–H and O–H groups in total. The van der Waals surface area contributed by atoms with Gasteiger partial charge >= 0.3 is 0 Å². The van der Waals surface area contributed by atoms with Gasteiger partial charge in [-0.25, -0.2) is 0 Å². The number of para-hydroxylation sites is 1. The summed E-state index contributed by atoms with van der Waals surface area (Å²) in [5, 5.41) is 0. The number of carbonyl (C=O) groups is 2. The molecule has 3 aromatic rings. The third kappa shape index (κ3) is 4.22. The van der Waals surface area contributed by atoms with E-state index in [4.69, 9.17) is 9.15 Å². The van der Waals surface area contributed by atoms with Crippen molar-refractivity contribution >= 4 is 11.8 Å². The maximum absolute atomic E-state index is 13.3. The highest BCUT2D eigenvalue weighted by molar-refractivity contribution is 5.96. The number of ether oxygens (including phenoxy) is 1. The molecule has 154 valence electrons. The predicted octanol–water partition coefficient (Wildman–Crippen LogP) is 3.38. The summed E-state index contributed by atoms with van der Waals surface area (Å²) in [4.78, 5) is 29.6. The molecule has 0 aliphatic carbocycles. The first-order valence-corrected chi connectivity index (χ1v) is 9.97. The third-order valence-corrected chi connectivity index (χ3v) is 5.34. The molecule has 2 amide bonds. The topological polar surface area (TPSA) is 63.0 Å². The Kier molecular flexibility index (Phi) is 5.84. The minimum Gasteiger partial charge on any atom is -0.492 e. The van der Waals surface area contributed by atoms with Gasteiger partial charge in [-0.2, -0.15) is 0 Å². The molecule has 1 aromatic heterocycles. The number of nitrogens with zero attached hydrogens (tertiary/aromatic N) is 2. The lowest BCUT2D eigenvalue weighted by Gasteiger charge is -2.37. The summed E-state index contributed by atoms with van der Waals surface area (Å²) in [5.41, 5.74) is 2.14. The van der Waals surface area contributed by atoms with Gasteiger partial charge in [-0.1, -0.05) is 42.5 Å². The molecule has 1 atom stereocenters. The molecule has 0 spiro atoms. The Morgan fingerprint density at radius 3 is 2.50 bits per heavy atom. The van der Waals surface area contributed by atoms with Crippen molar-refractivity contribution in [2.75, 3.05) is 20.2 Å². The minimum atomic E-state index is -0.584. The van der Waals surface area contributed by atoms with Gasteiger partial charge in [0, 0.05) is 20.0 Å². The zero-order valence-corrected chi connectivity index (χ0v) is 16.9. The quantitative estimate of drug-likeness (QED) is 0.632. The van der Waals surface area contributed by atoms with Gasteiger partial charge in [0.15, 0.2) is 5.76 Å². The molecule has 2 aromatic carbocycles. The largest absolute Gasteiger partial charge is 0.492 e. The fraction of sp³-hybridized carbons (Fsp3) is 0.250. The van der Waals surface area contributed by atoms with Crippen LogP contribution in [0.4, 0.5) is 0 Å². The van der Waals surface area contributed by atoms with E-state index >= 15 is 0 Å². The monoisotopic (exact) mass is 404 g/mol. The predicted molar refractivity (Wildman–Crippen MR) is 112 cm³/mol. The lowest BCUT2D eigenvalue weighted by molar-refractivity contribution is -0.135. The number of amides is 2. The van der Waals surface area contributed by atoms with Crippen LogP contribution >= 0.6 is 0 Å². The SMILES string of the molecule is CN(CCOc1ccccc1)C(=O)C1Cc2ccccc2CN1C(=O)c1ccco1. The Morgan fingerprint density at radius 2 is 1.77 bits per heavy atom. The first-order valence-electron chi connectivity index (χ1n) is 9.97. The highest BCUT2D eigenvalue weighted by atomic mass is 16.5. The maximum atomic E-state index is 13.3. The van der Waals surface area contributed by atoms with Gasteiger partial charge in [-0.15, -0.1) is 0 Å². The van der Waals surface area contributed by atoms with E-state index in [1.54, 1.807) is 29.0 Å². The molecule has 1 aliphatic heterocycles. The van der Waals surface area contributed by atoms with Crippen molar-refractivity contribution in [3.8, 4) is 5.75 Å². The molecule has 4 rings (SSSR count). The van der Waals surface area contributed by atoms with Crippen molar-refractivity contribution in [3.05, 3.63) is 89.9 Å². The van der Waals surface area contributed by atoms with Crippen LogP contribution in [-0.2, 0) is 17.8 Å². The Bertz CT molecular complexity index is 1000. The van der Waals surface area contributed by atoms with Crippen LogP contribution in [0.1, 0.15) is 21.7 Å². The molecule has 6 heteroatoms. The van der Waals surface area contributed by atoms with Crippen molar-refractivity contribution in [2.45, 2.75) is 19.0 Å². The number of hydrogen-bond acceptors (Lipinski definition) is 4. The molecule has 0 saturated carbocycles. The van der Waals surface area contributed by atoms with Crippen LogP contribution in [0.15, 0.2) is 77.4 Å². The van der Waals surface area contributed by atoms with E-state index in [0.717, 1.165) is 16.9 Å². The fourth-order valence-electron chi connectivity index (χ4n) is 3.68. The summed E-state index contributed by atoms with van der Waals surface area (Å²) in [7, 11) is 1.74. The van der Waals surface area contributed by atoms with Gasteiger partial charge in [-0.05, 0) is 35.4 Å². The number of benzene rings is 2. The molecule has 0 saturated heterocycles. The Balaban J connectivity index is 1.48. The number of furan rings is 1. The number of fused-ring (bicyclic) bond motifs is 1. The number of likely N-dealkylation sites (N-methyl/N-ethyl adjacent to an activating group) is 1. The highest BCUT2D eigenvalue weighted by Crippen LogP contribution is 2.26. The molecular weight excluding hydrogens is 380 g/mol. The van der Waals surface area contributed by atoms with E-state index < -0.39 is 6.04 Å². The number of carbonyl (C=O) groups excluding carboxylic acids is 2. The van der Waals surface area contributed by atoms with Crippen LogP contribution in [0, 0.1) is 0 Å². The molecule has 6 nitrogen and oxygen atoms in total. The van der Waals surface area contributed by atoms with Crippen LogP contribution in [0.25, 0.3) is 0 Å². The lowest BCUT2D eigenvalue weighted by Crippen LogP contribution is -2.53. The lowest BCUT2D eigenvalue weighted by atomic mass is 9.93. The second-order valence-corrected chi connectivity index (χ2v) is 7.32. The Hall–Kier alpha value is -3.54. The van der Waals surface area contributed by atoms with Crippen LogP contribution in [-0.4, -0.2) is 47.9 Å². The molecule has 30 heavy (non-hydrogen) atoms. The molecule has 0 radical (unpaired) electrons. The van der Waals surface area contributed by atoms with E-state index in [1.807, 2.05) is 54.6 Å². The Morgan fingerprint density at radius 1 is 1.03 bits per heavy atom. The average molecular weight is 404 g/mol. The average Bonchev–Trinajstić information content (AvgIpc) is 3.33. The fourth-order valence-corrected chi connectivity index (χ4v) is 3.68. The minimum absolute atomic E-state index is 0.110. The smallest absolute Gasteiger partial charge is 0.290 e. The van der Waals surface area contributed by atoms with Crippen molar-refractivity contribution in [2.24, 2.45) is 0 Å². The molecule has 1 aliphatic rings. The van der Waals surface area contributed by atoms with Crippen molar-refractivity contribution in [1.82, 2.24) is 9.80 Å². The zero-order valence-electron chi connectivity index (χ0n) is 16.9. The summed E-state index contributed by atoms with van der Waals surface area (Å²) in [6.07, 6.45) is 1.94. The van der Waals surface area contributed by atoms with Crippen LogP contribution in [0.5, 0.6) is 5.75 Å². The number of hydrogen-bond donors (Lipinski definition) is 0. The van der Waals surface area contributed by atoms with Crippen LogP contribution < -0.4 is 4.74 Å². The number of rotatable bonds is 6. The summed E-state index contributed by atoms with van der Waals surface area (Å²) >= 11 is 0. The maximum Gasteiger partial charge on any atom is 0.290 e. The first kappa shape index (κ1) is 19.8. The van der Waals surface area contributed by atoms with E-state index in [9.17, 15) is 9.59 Å². The van der Waals surface area contributed by atoms with Gasteiger partial charge in [-0.3, -0.25) is 9.59 Å². The molecule has 1 unspecified atom stereocenters. The van der Waals surface area contributed by atoms with Gasteiger partial charge in [0.05, 0.1) is 12.8 Å².